The molecule has 0 atom stereocenters. The molecule has 2 aliphatic rings. The second-order valence-corrected chi connectivity index (χ2v) is 6.75. The van der Waals surface area contributed by atoms with Gasteiger partial charge in [0.25, 0.3) is 0 Å². The van der Waals surface area contributed by atoms with E-state index in [9.17, 15) is 0 Å². The zero-order chi connectivity index (χ0) is 18.9. The van der Waals surface area contributed by atoms with Crippen LogP contribution >= 0.6 is 0 Å². The first-order chi connectivity index (χ1) is 13.8. The summed E-state index contributed by atoms with van der Waals surface area (Å²) in [5.74, 6) is 1.71. The van der Waals surface area contributed by atoms with Crippen molar-refractivity contribution in [1.29, 1.82) is 5.26 Å². The van der Waals surface area contributed by atoms with E-state index in [0.29, 0.717) is 5.56 Å². The number of nitrogens with zero attached hydrogens (tertiary/aromatic N) is 3. The molecule has 3 aromatic rings. The molecule has 0 spiro atoms. The molecule has 0 amide bonds. The maximum absolute atomic E-state index is 9.00. The Morgan fingerprint density at radius 3 is 2.29 bits per heavy atom. The number of hydrogen-bond acceptors (Lipinski definition) is 4. The number of nitriles is 1. The van der Waals surface area contributed by atoms with Gasteiger partial charge in [-0.3, -0.25) is 4.98 Å². The highest BCUT2D eigenvalue weighted by atomic mass is 16.5. The van der Waals surface area contributed by atoms with Gasteiger partial charge in [0.1, 0.15) is 6.07 Å². The van der Waals surface area contributed by atoms with E-state index >= 15 is 0 Å². The monoisotopic (exact) mass is 363 g/mol. The number of hydrogen-bond donors (Lipinski definition) is 0. The molecule has 134 valence electrons. The van der Waals surface area contributed by atoms with Gasteiger partial charge < -0.3 is 9.64 Å². The van der Waals surface area contributed by atoms with Gasteiger partial charge in [-0.05, 0) is 60.9 Å². The molecule has 28 heavy (non-hydrogen) atoms. The Balaban J connectivity index is 1.60. The lowest BCUT2D eigenvalue weighted by Crippen LogP contribution is -2.21. The normalized spacial score (nSPS) is 14.8. The molecule has 0 unspecified atom stereocenters. The molecule has 0 N–H and O–H groups in total. The molecule has 4 heteroatoms. The van der Waals surface area contributed by atoms with Crippen LogP contribution in [0.25, 0.3) is 5.57 Å². The molecule has 1 aromatic heterocycles. The number of aromatic nitrogens is 1. The molecule has 0 bridgehead atoms. The summed E-state index contributed by atoms with van der Waals surface area (Å²) >= 11 is 0. The van der Waals surface area contributed by atoms with E-state index in [4.69, 9.17) is 10.00 Å². The summed E-state index contributed by atoms with van der Waals surface area (Å²) in [6.45, 7) is 0. The van der Waals surface area contributed by atoms with E-state index in [-0.39, 0.29) is 0 Å². The molecule has 2 aromatic carbocycles. The third-order valence-corrected chi connectivity index (χ3v) is 4.99. The molecule has 4 nitrogen and oxygen atoms in total. The first-order valence-corrected chi connectivity index (χ1v) is 9.27. The number of benzene rings is 2. The van der Waals surface area contributed by atoms with Crippen LogP contribution in [0.3, 0.4) is 0 Å². The summed E-state index contributed by atoms with van der Waals surface area (Å²) in [5.41, 5.74) is 5.81. The van der Waals surface area contributed by atoms with Gasteiger partial charge in [-0.15, -0.1) is 0 Å². The minimum Gasteiger partial charge on any atom is -0.453 e. The molecule has 2 heterocycles. The Hall–Kier alpha value is -3.84. The van der Waals surface area contributed by atoms with Gasteiger partial charge in [0.05, 0.1) is 22.6 Å². The Bertz CT molecular complexity index is 1110. The average molecular weight is 363 g/mol. The smallest absolute Gasteiger partial charge is 0.151 e. The largest absolute Gasteiger partial charge is 0.453 e. The summed E-state index contributed by atoms with van der Waals surface area (Å²) in [5, 5.41) is 9.00. The second-order valence-electron chi connectivity index (χ2n) is 6.75. The highest BCUT2D eigenvalue weighted by Crippen LogP contribution is 2.49. The van der Waals surface area contributed by atoms with E-state index in [1.54, 1.807) is 6.20 Å². The van der Waals surface area contributed by atoms with Crippen molar-refractivity contribution in [2.24, 2.45) is 0 Å². The molecular formula is C24H17N3O. The van der Waals surface area contributed by atoms with Gasteiger partial charge in [-0.1, -0.05) is 30.3 Å². The third-order valence-electron chi connectivity index (χ3n) is 4.99. The SMILES string of the molecule is N#Cc1ccc(C2=CCCC(N3c4ccccc4Oc4ccccc43)=C2)nc1. The Kier molecular flexibility index (Phi) is 3.92. The molecule has 0 fully saturated rings. The first kappa shape index (κ1) is 16.3. The van der Waals surface area contributed by atoms with Crippen LogP contribution in [0, 0.1) is 11.3 Å². The summed E-state index contributed by atoms with van der Waals surface area (Å²) in [6, 6.07) is 22.1. The number of pyridine rings is 1. The van der Waals surface area contributed by atoms with Crippen molar-refractivity contribution in [2.75, 3.05) is 4.90 Å². The van der Waals surface area contributed by atoms with Crippen LogP contribution in [0.2, 0.25) is 0 Å². The Morgan fingerprint density at radius 1 is 0.929 bits per heavy atom. The predicted octanol–water partition coefficient (Wildman–Crippen LogP) is 5.96. The van der Waals surface area contributed by atoms with Crippen molar-refractivity contribution in [1.82, 2.24) is 4.98 Å². The number of ether oxygens (including phenoxy) is 1. The van der Waals surface area contributed by atoms with Gasteiger partial charge in [-0.2, -0.15) is 5.26 Å². The molecule has 0 saturated heterocycles. The number of para-hydroxylation sites is 4. The van der Waals surface area contributed by atoms with Gasteiger partial charge in [0.15, 0.2) is 11.5 Å². The van der Waals surface area contributed by atoms with Gasteiger partial charge in [0.2, 0.25) is 0 Å². The molecule has 1 aliphatic carbocycles. The lowest BCUT2D eigenvalue weighted by molar-refractivity contribution is 0.475. The van der Waals surface area contributed by atoms with Gasteiger partial charge >= 0.3 is 0 Å². The summed E-state index contributed by atoms with van der Waals surface area (Å²) in [4.78, 5) is 6.75. The quantitative estimate of drug-likeness (QED) is 0.564. The van der Waals surface area contributed by atoms with Gasteiger partial charge in [0, 0.05) is 11.9 Å². The number of anilines is 2. The van der Waals surface area contributed by atoms with E-state index < -0.39 is 0 Å². The lowest BCUT2D eigenvalue weighted by Gasteiger charge is -2.35. The fourth-order valence-electron chi connectivity index (χ4n) is 3.69. The second kappa shape index (κ2) is 6.71. The summed E-state index contributed by atoms with van der Waals surface area (Å²) in [7, 11) is 0. The maximum Gasteiger partial charge on any atom is 0.151 e. The topological polar surface area (TPSA) is 49.2 Å². The standard InChI is InChI=1S/C24H17N3O/c25-15-17-12-13-20(26-16-17)18-6-5-7-19(14-18)27-21-8-1-3-10-23(21)28-24-11-4-2-9-22(24)27/h1-4,6,8-14,16H,5,7H2. The summed E-state index contributed by atoms with van der Waals surface area (Å²) < 4.78 is 6.11. The third kappa shape index (κ3) is 2.74. The molecular weight excluding hydrogens is 346 g/mol. The fraction of sp³-hybridized carbons (Fsp3) is 0.0833. The van der Waals surface area contributed by atoms with Crippen molar-refractivity contribution in [3.63, 3.8) is 0 Å². The average Bonchev–Trinajstić information content (AvgIpc) is 2.77. The van der Waals surface area contributed by atoms with Crippen LogP contribution < -0.4 is 9.64 Å². The van der Waals surface area contributed by atoms with Crippen LogP contribution in [-0.4, -0.2) is 4.98 Å². The van der Waals surface area contributed by atoms with E-state index in [2.05, 4.69) is 40.2 Å². The molecule has 1 aliphatic heterocycles. The van der Waals surface area contributed by atoms with E-state index in [1.165, 1.54) is 5.70 Å². The zero-order valence-corrected chi connectivity index (χ0v) is 15.2. The van der Waals surface area contributed by atoms with Crippen molar-refractivity contribution in [3.8, 4) is 17.6 Å². The van der Waals surface area contributed by atoms with E-state index in [0.717, 1.165) is 47.0 Å². The molecule has 0 saturated carbocycles. The van der Waals surface area contributed by atoms with Crippen LogP contribution in [0.4, 0.5) is 11.4 Å². The molecule has 0 radical (unpaired) electrons. The predicted molar refractivity (Wildman–Crippen MR) is 109 cm³/mol. The van der Waals surface area contributed by atoms with Crippen LogP contribution in [0.15, 0.2) is 84.7 Å². The van der Waals surface area contributed by atoms with Crippen molar-refractivity contribution in [3.05, 3.63) is 96.0 Å². The van der Waals surface area contributed by atoms with Gasteiger partial charge in [-0.25, -0.2) is 0 Å². The lowest BCUT2D eigenvalue weighted by atomic mass is 9.98. The minimum atomic E-state index is 0.570. The Morgan fingerprint density at radius 2 is 1.64 bits per heavy atom. The zero-order valence-electron chi connectivity index (χ0n) is 15.2. The highest BCUT2D eigenvalue weighted by Gasteiger charge is 2.27. The van der Waals surface area contributed by atoms with Crippen LogP contribution in [0.1, 0.15) is 24.1 Å². The van der Waals surface area contributed by atoms with Crippen molar-refractivity contribution < 1.29 is 4.74 Å². The van der Waals surface area contributed by atoms with Crippen molar-refractivity contribution >= 4 is 16.9 Å². The minimum absolute atomic E-state index is 0.570. The molecule has 5 rings (SSSR count). The summed E-state index contributed by atoms with van der Waals surface area (Å²) in [6.07, 6.45) is 7.89. The van der Waals surface area contributed by atoms with E-state index in [1.807, 2.05) is 48.5 Å². The number of allylic oxidation sites excluding steroid dienone is 4. The Labute approximate surface area is 163 Å². The highest BCUT2D eigenvalue weighted by molar-refractivity contribution is 5.84. The van der Waals surface area contributed by atoms with Crippen LogP contribution in [0.5, 0.6) is 11.5 Å². The fourth-order valence-corrected chi connectivity index (χ4v) is 3.69. The maximum atomic E-state index is 9.00. The number of fused-ring (bicyclic) bond motifs is 2. The van der Waals surface area contributed by atoms with Crippen molar-refractivity contribution in [2.45, 2.75) is 12.8 Å². The number of rotatable bonds is 2. The van der Waals surface area contributed by atoms with Crippen LogP contribution in [-0.2, 0) is 0 Å². The first-order valence-electron chi connectivity index (χ1n) is 9.27.